The van der Waals surface area contributed by atoms with E-state index in [1.54, 1.807) is 0 Å². The van der Waals surface area contributed by atoms with Crippen LogP contribution in [0.15, 0.2) is 30.3 Å². The summed E-state index contributed by atoms with van der Waals surface area (Å²) >= 11 is 0. The minimum atomic E-state index is -0.435. The lowest BCUT2D eigenvalue weighted by Gasteiger charge is -2.32. The third kappa shape index (κ3) is 4.56. The molecule has 5 nitrogen and oxygen atoms in total. The fourth-order valence-corrected chi connectivity index (χ4v) is 3.10. The van der Waals surface area contributed by atoms with Crippen molar-refractivity contribution < 1.29 is 14.5 Å². The van der Waals surface area contributed by atoms with Gasteiger partial charge in [-0.25, -0.2) is 4.79 Å². The van der Waals surface area contributed by atoms with Crippen LogP contribution in [-0.2, 0) is 11.2 Å². The summed E-state index contributed by atoms with van der Waals surface area (Å²) in [4.78, 5) is 24.5. The van der Waals surface area contributed by atoms with E-state index in [0.29, 0.717) is 5.92 Å². The second-order valence-electron chi connectivity index (χ2n) is 6.08. The number of hydrogen-bond acceptors (Lipinski definition) is 2. The fourth-order valence-electron chi connectivity index (χ4n) is 3.10. The summed E-state index contributed by atoms with van der Waals surface area (Å²) in [5.41, 5.74) is 1.39. The zero-order chi connectivity index (χ0) is 15.9. The zero-order valence-corrected chi connectivity index (χ0v) is 13.4. The van der Waals surface area contributed by atoms with Crippen LogP contribution in [0.5, 0.6) is 0 Å². The largest absolute Gasteiger partial charge is 0.341 e. The van der Waals surface area contributed by atoms with Crippen LogP contribution < -0.4 is 15.5 Å². The molecule has 0 spiro atoms. The van der Waals surface area contributed by atoms with Crippen molar-refractivity contribution >= 4 is 11.9 Å². The molecule has 0 bridgehead atoms. The van der Waals surface area contributed by atoms with E-state index in [0.717, 1.165) is 32.4 Å². The molecule has 22 heavy (non-hydrogen) atoms. The molecule has 120 valence electrons. The highest BCUT2D eigenvalue weighted by Crippen LogP contribution is 2.16. The lowest BCUT2D eigenvalue weighted by Crippen LogP contribution is -3.17. The van der Waals surface area contributed by atoms with Crippen LogP contribution in [0.3, 0.4) is 0 Å². The quantitative estimate of drug-likeness (QED) is 0.752. The molecule has 5 heteroatoms. The van der Waals surface area contributed by atoms with Crippen molar-refractivity contribution in [3.8, 4) is 0 Å². The van der Waals surface area contributed by atoms with Crippen molar-refractivity contribution in [1.82, 2.24) is 10.6 Å². The Labute approximate surface area is 132 Å². The molecule has 1 aliphatic rings. The minimum absolute atomic E-state index is 0.185. The van der Waals surface area contributed by atoms with E-state index < -0.39 is 6.03 Å². The molecule has 1 saturated heterocycles. The van der Waals surface area contributed by atoms with Gasteiger partial charge in [-0.1, -0.05) is 30.3 Å². The van der Waals surface area contributed by atoms with Crippen LogP contribution >= 0.6 is 0 Å². The molecule has 3 N–H and O–H groups in total. The molecular weight excluding hydrogens is 278 g/mol. The molecule has 0 unspecified atom stereocenters. The van der Waals surface area contributed by atoms with Crippen molar-refractivity contribution in [2.24, 2.45) is 5.92 Å². The number of quaternary nitrogens is 1. The lowest BCUT2D eigenvalue weighted by molar-refractivity contribution is -0.920. The van der Waals surface area contributed by atoms with E-state index in [1.807, 2.05) is 13.0 Å². The molecule has 0 saturated carbocycles. The standard InChI is InChI=1S/C17H25N3O2/c1-13(16(21)19-17(22)18-2)20-10-8-15(9-11-20)12-14-6-4-3-5-7-14/h3-7,13,15H,8-12H2,1-2H3,(H2,18,19,21,22)/p+1/t13-/m0/s1. The van der Waals surface area contributed by atoms with Gasteiger partial charge in [-0.3, -0.25) is 10.1 Å². The SMILES string of the molecule is CNC(=O)NC(=O)[C@H](C)[NH+]1CCC(Cc2ccccc2)CC1. The van der Waals surface area contributed by atoms with E-state index >= 15 is 0 Å². The Morgan fingerprint density at radius 1 is 1.23 bits per heavy atom. The van der Waals surface area contributed by atoms with Crippen LogP contribution in [0, 0.1) is 5.92 Å². The molecule has 3 amide bonds. The fraction of sp³-hybridized carbons (Fsp3) is 0.529. The summed E-state index contributed by atoms with van der Waals surface area (Å²) in [6, 6.07) is 9.95. The molecule has 1 aliphatic heterocycles. The average molecular weight is 304 g/mol. The van der Waals surface area contributed by atoms with Crippen LogP contribution in [0.1, 0.15) is 25.3 Å². The Kier molecular flexibility index (Phi) is 5.95. The predicted molar refractivity (Wildman–Crippen MR) is 85.6 cm³/mol. The van der Waals surface area contributed by atoms with E-state index in [9.17, 15) is 9.59 Å². The average Bonchev–Trinajstić information content (AvgIpc) is 2.55. The van der Waals surface area contributed by atoms with Gasteiger partial charge in [-0.05, 0) is 37.7 Å². The highest BCUT2D eigenvalue weighted by atomic mass is 16.2. The van der Waals surface area contributed by atoms with Crippen molar-refractivity contribution in [3.63, 3.8) is 0 Å². The number of imide groups is 1. The Hall–Kier alpha value is -1.88. The molecule has 2 rings (SSSR count). The number of urea groups is 1. The lowest BCUT2D eigenvalue weighted by atomic mass is 9.89. The van der Waals surface area contributed by atoms with Gasteiger partial charge in [-0.15, -0.1) is 0 Å². The topological polar surface area (TPSA) is 62.6 Å². The Balaban J connectivity index is 1.79. The maximum absolute atomic E-state index is 12.0. The van der Waals surface area contributed by atoms with Gasteiger partial charge in [0, 0.05) is 7.05 Å². The molecule has 1 aromatic carbocycles. The normalized spacial score (nSPS) is 22.6. The third-order valence-electron chi connectivity index (χ3n) is 4.58. The van der Waals surface area contributed by atoms with E-state index in [4.69, 9.17) is 0 Å². The maximum atomic E-state index is 12.0. The Bertz CT molecular complexity index is 496. The van der Waals surface area contributed by atoms with Gasteiger partial charge < -0.3 is 10.2 Å². The first-order valence-corrected chi connectivity index (χ1v) is 8.01. The van der Waals surface area contributed by atoms with Gasteiger partial charge >= 0.3 is 6.03 Å². The van der Waals surface area contributed by atoms with Crippen LogP contribution in [0.25, 0.3) is 0 Å². The van der Waals surface area contributed by atoms with Gasteiger partial charge in [-0.2, -0.15) is 0 Å². The molecule has 1 fully saturated rings. The van der Waals surface area contributed by atoms with Crippen LogP contribution in [0.2, 0.25) is 0 Å². The maximum Gasteiger partial charge on any atom is 0.321 e. The molecule has 0 aromatic heterocycles. The number of hydrogen-bond donors (Lipinski definition) is 3. The van der Waals surface area contributed by atoms with Crippen molar-refractivity contribution in [2.45, 2.75) is 32.2 Å². The van der Waals surface area contributed by atoms with Gasteiger partial charge in [0.15, 0.2) is 6.04 Å². The summed E-state index contributed by atoms with van der Waals surface area (Å²) < 4.78 is 0. The Morgan fingerprint density at radius 3 is 2.45 bits per heavy atom. The number of likely N-dealkylation sites (tertiary alicyclic amines) is 1. The van der Waals surface area contributed by atoms with E-state index in [-0.39, 0.29) is 11.9 Å². The monoisotopic (exact) mass is 304 g/mol. The molecule has 1 heterocycles. The minimum Gasteiger partial charge on any atom is -0.341 e. The van der Waals surface area contributed by atoms with Crippen LogP contribution in [-0.4, -0.2) is 38.1 Å². The highest BCUT2D eigenvalue weighted by Gasteiger charge is 2.30. The molecule has 0 aliphatic carbocycles. The van der Waals surface area contributed by atoms with Gasteiger partial charge in [0.1, 0.15) is 0 Å². The molecular formula is C17H26N3O2+. The van der Waals surface area contributed by atoms with Crippen molar-refractivity contribution in [1.29, 1.82) is 0 Å². The smallest absolute Gasteiger partial charge is 0.321 e. The molecule has 0 radical (unpaired) electrons. The molecule has 1 aromatic rings. The molecule has 1 atom stereocenters. The number of carbonyl (C=O) groups excluding carboxylic acids is 2. The van der Waals surface area contributed by atoms with Gasteiger partial charge in [0.05, 0.1) is 13.1 Å². The number of carbonyl (C=O) groups is 2. The predicted octanol–water partition coefficient (Wildman–Crippen LogP) is 0.368. The summed E-state index contributed by atoms with van der Waals surface area (Å²) in [7, 11) is 1.51. The van der Waals surface area contributed by atoms with Gasteiger partial charge in [0.25, 0.3) is 5.91 Å². The number of amides is 3. The Morgan fingerprint density at radius 2 is 1.86 bits per heavy atom. The first-order chi connectivity index (χ1) is 10.6. The number of piperidine rings is 1. The van der Waals surface area contributed by atoms with Crippen molar-refractivity contribution in [3.05, 3.63) is 35.9 Å². The first-order valence-electron chi connectivity index (χ1n) is 8.01. The van der Waals surface area contributed by atoms with Crippen LogP contribution in [0.4, 0.5) is 4.79 Å². The third-order valence-corrected chi connectivity index (χ3v) is 4.58. The second-order valence-corrected chi connectivity index (χ2v) is 6.08. The number of rotatable bonds is 4. The summed E-state index contributed by atoms with van der Waals surface area (Å²) in [6.45, 7) is 3.87. The summed E-state index contributed by atoms with van der Waals surface area (Å²) in [5.74, 6) is 0.496. The number of benzene rings is 1. The first kappa shape index (κ1) is 16.5. The number of nitrogens with one attached hydrogen (secondary N) is 3. The van der Waals surface area contributed by atoms with Gasteiger partial charge in [0.2, 0.25) is 0 Å². The van der Waals surface area contributed by atoms with Crippen molar-refractivity contribution in [2.75, 3.05) is 20.1 Å². The second kappa shape index (κ2) is 7.94. The van der Waals surface area contributed by atoms with E-state index in [1.165, 1.54) is 17.5 Å². The summed E-state index contributed by atoms with van der Waals surface area (Å²) in [6.07, 6.45) is 3.37. The zero-order valence-electron chi connectivity index (χ0n) is 13.4. The summed E-state index contributed by atoms with van der Waals surface area (Å²) in [5, 5.41) is 4.78. The highest BCUT2D eigenvalue weighted by molar-refractivity contribution is 5.96. The van der Waals surface area contributed by atoms with E-state index in [2.05, 4.69) is 34.9 Å².